The number of hydrogen-bond donors (Lipinski definition) is 2. The topological polar surface area (TPSA) is 61.4 Å². The summed E-state index contributed by atoms with van der Waals surface area (Å²) in [5.74, 6) is -0.276. The van der Waals surface area contributed by atoms with Crippen LogP contribution in [0.2, 0.25) is 0 Å². The normalized spacial score (nSPS) is 13.1. The molecule has 1 saturated carbocycles. The molecule has 0 saturated heterocycles. The van der Waals surface area contributed by atoms with Gasteiger partial charge in [-0.15, -0.1) is 0 Å². The first-order chi connectivity index (χ1) is 15.2. The average molecular weight is 414 g/mol. The Morgan fingerprint density at radius 2 is 1.32 bits per heavy atom. The second kappa shape index (κ2) is 10.0. The molecule has 3 aromatic rings. The van der Waals surface area contributed by atoms with Gasteiger partial charge in [-0.05, 0) is 36.1 Å². The minimum absolute atomic E-state index is 0.135. The average Bonchev–Trinajstić information content (AvgIpc) is 3.59. The van der Waals surface area contributed by atoms with Crippen molar-refractivity contribution in [2.75, 3.05) is 11.9 Å². The van der Waals surface area contributed by atoms with Gasteiger partial charge in [0.05, 0.1) is 17.8 Å². The van der Waals surface area contributed by atoms with Gasteiger partial charge < -0.3 is 10.6 Å². The molecule has 158 valence electrons. The van der Waals surface area contributed by atoms with E-state index in [9.17, 15) is 9.59 Å². The van der Waals surface area contributed by atoms with E-state index in [1.165, 1.54) is 0 Å². The molecule has 4 rings (SSSR count). The number of rotatable bonds is 9. The summed E-state index contributed by atoms with van der Waals surface area (Å²) in [7, 11) is 0. The van der Waals surface area contributed by atoms with Gasteiger partial charge in [0.1, 0.15) is 0 Å². The monoisotopic (exact) mass is 413 g/mol. The van der Waals surface area contributed by atoms with Crippen LogP contribution in [0.25, 0.3) is 0 Å². The Balaban J connectivity index is 1.45. The van der Waals surface area contributed by atoms with Gasteiger partial charge in [0.25, 0.3) is 5.91 Å². The lowest BCUT2D eigenvalue weighted by Gasteiger charge is -2.22. The van der Waals surface area contributed by atoms with Crippen molar-refractivity contribution in [3.8, 4) is 0 Å². The highest BCUT2D eigenvalue weighted by Crippen LogP contribution is 2.21. The number of para-hydroxylation sites is 1. The van der Waals surface area contributed by atoms with Crippen molar-refractivity contribution in [1.29, 1.82) is 0 Å². The Morgan fingerprint density at radius 1 is 0.774 bits per heavy atom. The largest absolute Gasteiger partial charge is 0.349 e. The van der Waals surface area contributed by atoms with Crippen LogP contribution in [0.4, 0.5) is 5.69 Å². The number of nitrogens with zero attached hydrogens (tertiary/aromatic N) is 1. The summed E-state index contributed by atoms with van der Waals surface area (Å²) in [5, 5.41) is 5.93. The lowest BCUT2D eigenvalue weighted by Crippen LogP contribution is -2.33. The zero-order chi connectivity index (χ0) is 21.5. The summed E-state index contributed by atoms with van der Waals surface area (Å²) in [6.45, 7) is 1.54. The lowest BCUT2D eigenvalue weighted by atomic mass is 10.1. The van der Waals surface area contributed by atoms with Crippen LogP contribution in [0, 0.1) is 0 Å². The van der Waals surface area contributed by atoms with Crippen LogP contribution in [-0.2, 0) is 17.9 Å². The SMILES string of the molecule is O=C(CN(Cc1ccccc1)Cc1ccccc1)Nc1ccccc1C(=O)NC1CC1. The van der Waals surface area contributed by atoms with E-state index in [1.807, 2.05) is 48.5 Å². The standard InChI is InChI=1S/C26H27N3O2/c30-25(28-24-14-8-7-13-23(24)26(31)27-22-15-16-22)19-29(17-20-9-3-1-4-10-20)18-21-11-5-2-6-12-21/h1-14,22H,15-19H2,(H,27,31)(H,28,30). The molecular weight excluding hydrogens is 386 g/mol. The van der Waals surface area contributed by atoms with Gasteiger partial charge in [0.2, 0.25) is 5.91 Å². The number of carbonyl (C=O) groups is 2. The molecule has 0 atom stereocenters. The summed E-state index contributed by atoms with van der Waals surface area (Å²) >= 11 is 0. The number of carbonyl (C=O) groups excluding carboxylic acids is 2. The maximum Gasteiger partial charge on any atom is 0.253 e. The molecule has 0 aromatic heterocycles. The summed E-state index contributed by atoms with van der Waals surface area (Å²) in [5.41, 5.74) is 3.34. The predicted molar refractivity (Wildman–Crippen MR) is 123 cm³/mol. The van der Waals surface area contributed by atoms with E-state index >= 15 is 0 Å². The Kier molecular flexibility index (Phi) is 6.75. The highest BCUT2D eigenvalue weighted by atomic mass is 16.2. The zero-order valence-corrected chi connectivity index (χ0v) is 17.5. The molecule has 5 heteroatoms. The van der Waals surface area contributed by atoms with Crippen LogP contribution in [0.15, 0.2) is 84.9 Å². The van der Waals surface area contributed by atoms with E-state index in [0.29, 0.717) is 24.3 Å². The van der Waals surface area contributed by atoms with Crippen LogP contribution >= 0.6 is 0 Å². The van der Waals surface area contributed by atoms with E-state index in [4.69, 9.17) is 0 Å². The fourth-order valence-corrected chi connectivity index (χ4v) is 3.52. The molecule has 1 aliphatic carbocycles. The fourth-order valence-electron chi connectivity index (χ4n) is 3.52. The van der Waals surface area contributed by atoms with Crippen LogP contribution in [0.3, 0.4) is 0 Å². The van der Waals surface area contributed by atoms with Gasteiger partial charge >= 0.3 is 0 Å². The van der Waals surface area contributed by atoms with Crippen molar-refractivity contribution in [3.05, 3.63) is 102 Å². The van der Waals surface area contributed by atoms with Crippen LogP contribution in [0.5, 0.6) is 0 Å². The maximum atomic E-state index is 12.9. The third kappa shape index (κ3) is 6.27. The molecule has 3 aromatic carbocycles. The Hall–Kier alpha value is -3.44. The molecule has 0 aliphatic heterocycles. The van der Waals surface area contributed by atoms with E-state index in [2.05, 4.69) is 39.8 Å². The smallest absolute Gasteiger partial charge is 0.253 e. The minimum atomic E-state index is -0.140. The van der Waals surface area contributed by atoms with Gasteiger partial charge in [0, 0.05) is 19.1 Å². The predicted octanol–water partition coefficient (Wildman–Crippen LogP) is 4.22. The Labute approximate surface area is 183 Å². The number of amides is 2. The first-order valence-corrected chi connectivity index (χ1v) is 10.7. The molecular formula is C26H27N3O2. The molecule has 2 amide bonds. The molecule has 0 heterocycles. The molecule has 0 spiro atoms. The molecule has 31 heavy (non-hydrogen) atoms. The van der Waals surface area contributed by atoms with Crippen LogP contribution in [-0.4, -0.2) is 29.3 Å². The van der Waals surface area contributed by atoms with Gasteiger partial charge in [-0.3, -0.25) is 14.5 Å². The summed E-state index contributed by atoms with van der Waals surface area (Å²) in [4.78, 5) is 27.6. The van der Waals surface area contributed by atoms with Crippen LogP contribution in [0.1, 0.15) is 34.3 Å². The summed E-state index contributed by atoms with van der Waals surface area (Å²) < 4.78 is 0. The van der Waals surface area contributed by atoms with Gasteiger partial charge in [-0.1, -0.05) is 72.8 Å². The molecule has 1 fully saturated rings. The van der Waals surface area contributed by atoms with Crippen molar-refractivity contribution in [2.24, 2.45) is 0 Å². The third-order valence-corrected chi connectivity index (χ3v) is 5.22. The molecule has 0 unspecified atom stereocenters. The van der Waals surface area contributed by atoms with E-state index in [1.54, 1.807) is 12.1 Å². The Morgan fingerprint density at radius 3 is 1.90 bits per heavy atom. The molecule has 5 nitrogen and oxygen atoms in total. The zero-order valence-electron chi connectivity index (χ0n) is 17.5. The number of benzene rings is 3. The molecule has 2 N–H and O–H groups in total. The van der Waals surface area contributed by atoms with Gasteiger partial charge in [-0.25, -0.2) is 0 Å². The molecule has 0 radical (unpaired) electrons. The first kappa shape index (κ1) is 20.8. The van der Waals surface area contributed by atoms with E-state index < -0.39 is 0 Å². The van der Waals surface area contributed by atoms with Crippen molar-refractivity contribution in [3.63, 3.8) is 0 Å². The van der Waals surface area contributed by atoms with E-state index in [0.717, 1.165) is 24.0 Å². The van der Waals surface area contributed by atoms with E-state index in [-0.39, 0.29) is 24.4 Å². The molecule has 1 aliphatic rings. The quantitative estimate of drug-likeness (QED) is 0.552. The molecule has 0 bridgehead atoms. The van der Waals surface area contributed by atoms with Crippen molar-refractivity contribution >= 4 is 17.5 Å². The van der Waals surface area contributed by atoms with Crippen molar-refractivity contribution < 1.29 is 9.59 Å². The fraction of sp³-hybridized carbons (Fsp3) is 0.231. The first-order valence-electron chi connectivity index (χ1n) is 10.7. The van der Waals surface area contributed by atoms with Crippen LogP contribution < -0.4 is 10.6 Å². The summed E-state index contributed by atoms with van der Waals surface area (Å²) in [6, 6.07) is 27.7. The highest BCUT2D eigenvalue weighted by molar-refractivity contribution is 6.04. The number of anilines is 1. The van der Waals surface area contributed by atoms with Gasteiger partial charge in [0.15, 0.2) is 0 Å². The van der Waals surface area contributed by atoms with Gasteiger partial charge in [-0.2, -0.15) is 0 Å². The number of hydrogen-bond acceptors (Lipinski definition) is 3. The number of nitrogens with one attached hydrogen (secondary N) is 2. The van der Waals surface area contributed by atoms with Crippen molar-refractivity contribution in [1.82, 2.24) is 10.2 Å². The second-order valence-electron chi connectivity index (χ2n) is 7.96. The lowest BCUT2D eigenvalue weighted by molar-refractivity contribution is -0.117. The third-order valence-electron chi connectivity index (χ3n) is 5.22. The minimum Gasteiger partial charge on any atom is -0.349 e. The highest BCUT2D eigenvalue weighted by Gasteiger charge is 2.25. The van der Waals surface area contributed by atoms with Crippen molar-refractivity contribution in [2.45, 2.75) is 32.0 Å². The Bertz CT molecular complexity index is 976. The summed E-state index contributed by atoms with van der Waals surface area (Å²) in [6.07, 6.45) is 2.04. The second-order valence-corrected chi connectivity index (χ2v) is 7.96. The maximum absolute atomic E-state index is 12.9.